The van der Waals surface area contributed by atoms with Crippen molar-refractivity contribution >= 4 is 19.8 Å². The maximum absolute atomic E-state index is 12.6. The van der Waals surface area contributed by atoms with Gasteiger partial charge in [0.2, 0.25) is 0 Å². The number of esters is 2. The SMILES string of the molecule is CCCCCCCCCCCCCC(=O)OCC(COP(=O)([O-])OCC[N+](C)(C)C)OC(=O)CCCCCCCCCCCCC.CCCCCCCCCCCCCCCOCCOCCOCCOCCOCCOCCOCCO. The van der Waals surface area contributed by atoms with Crippen LogP contribution in [0.15, 0.2) is 0 Å². The third-order valence-corrected chi connectivity index (χ3v) is 15.0. The van der Waals surface area contributed by atoms with Crippen molar-refractivity contribution in [1.29, 1.82) is 0 Å². The van der Waals surface area contributed by atoms with Crippen molar-refractivity contribution in [3.8, 4) is 0 Å². The summed E-state index contributed by atoms with van der Waals surface area (Å²) in [6, 6.07) is 0. The van der Waals surface area contributed by atoms with Gasteiger partial charge in [0.15, 0.2) is 6.10 Å². The van der Waals surface area contributed by atoms with Gasteiger partial charge in [-0.25, -0.2) is 0 Å². The lowest BCUT2D eigenvalue weighted by Crippen LogP contribution is -2.37. The van der Waals surface area contributed by atoms with Crippen molar-refractivity contribution in [1.82, 2.24) is 0 Å². The number of carbonyl (C=O) groups excluding carboxylic acids is 2. The van der Waals surface area contributed by atoms with E-state index in [0.29, 0.717) is 103 Å². The number of unbranched alkanes of at least 4 members (excludes halogenated alkanes) is 32. The Kier molecular flexibility index (Phi) is 68.8. The van der Waals surface area contributed by atoms with Crippen LogP contribution in [0.3, 0.4) is 0 Å². The molecule has 0 aliphatic heterocycles. The highest BCUT2D eigenvalue weighted by Gasteiger charge is 2.22. The summed E-state index contributed by atoms with van der Waals surface area (Å²) < 4.78 is 71.6. The lowest BCUT2D eigenvalue weighted by Gasteiger charge is -2.28. The first-order valence-corrected chi connectivity index (χ1v) is 35.3. The van der Waals surface area contributed by atoms with E-state index in [2.05, 4.69) is 20.8 Å². The Hall–Kier alpha value is -1.31. The molecule has 0 heterocycles. The van der Waals surface area contributed by atoms with Crippen LogP contribution in [0.1, 0.15) is 258 Å². The normalized spacial score (nSPS) is 12.8. The lowest BCUT2D eigenvalue weighted by molar-refractivity contribution is -0.870. The number of rotatable bonds is 68. The summed E-state index contributed by atoms with van der Waals surface area (Å²) >= 11 is 0. The van der Waals surface area contributed by atoms with Crippen molar-refractivity contribution in [3.63, 3.8) is 0 Å². The van der Waals surface area contributed by atoms with E-state index in [-0.39, 0.29) is 38.6 Å². The van der Waals surface area contributed by atoms with Gasteiger partial charge in [-0.1, -0.05) is 226 Å². The number of hydrogen-bond acceptors (Lipinski definition) is 16. The highest BCUT2D eigenvalue weighted by atomic mass is 31.2. The zero-order valence-corrected chi connectivity index (χ0v) is 55.5. The molecule has 0 aromatic carbocycles. The zero-order chi connectivity index (χ0) is 61.1. The van der Waals surface area contributed by atoms with Crippen LogP contribution < -0.4 is 4.89 Å². The van der Waals surface area contributed by atoms with E-state index in [1.54, 1.807) is 0 Å². The Labute approximate surface area is 509 Å². The summed E-state index contributed by atoms with van der Waals surface area (Å²) in [5, 5.41) is 8.57. The Balaban J connectivity index is 0. The molecule has 2 atom stereocenters. The molecule has 498 valence electrons. The molecule has 0 rings (SSSR count). The summed E-state index contributed by atoms with van der Waals surface area (Å²) in [6.07, 6.45) is 43.4. The highest BCUT2D eigenvalue weighted by molar-refractivity contribution is 7.45. The molecule has 0 radical (unpaired) electrons. The fraction of sp³-hybridized carbons (Fsp3) is 0.969. The Bertz CT molecular complexity index is 1310. The molecule has 0 saturated heterocycles. The molecule has 2 unspecified atom stereocenters. The fourth-order valence-electron chi connectivity index (χ4n) is 8.83. The van der Waals surface area contributed by atoms with Gasteiger partial charge in [0.05, 0.1) is 120 Å². The molecule has 1 N–H and O–H groups in total. The molecule has 0 aliphatic rings. The van der Waals surface area contributed by atoms with Crippen molar-refractivity contribution < 1.29 is 80.3 Å². The summed E-state index contributed by atoms with van der Waals surface area (Å²) in [5.41, 5.74) is 0. The van der Waals surface area contributed by atoms with Gasteiger partial charge in [0.25, 0.3) is 7.82 Å². The monoisotopic (exact) mass is 1210 g/mol. The first kappa shape index (κ1) is 83.8. The second kappa shape index (κ2) is 68.2. The van der Waals surface area contributed by atoms with Crippen molar-refractivity contribution in [2.24, 2.45) is 0 Å². The second-order valence-corrected chi connectivity index (χ2v) is 24.6. The van der Waals surface area contributed by atoms with E-state index < -0.39 is 26.5 Å². The molecule has 83 heavy (non-hydrogen) atoms. The van der Waals surface area contributed by atoms with Gasteiger partial charge in [-0.15, -0.1) is 0 Å². The predicted molar refractivity (Wildman–Crippen MR) is 334 cm³/mol. The predicted octanol–water partition coefficient (Wildman–Crippen LogP) is 14.2. The molecule has 0 bridgehead atoms. The van der Waals surface area contributed by atoms with Gasteiger partial charge in [-0.2, -0.15) is 0 Å². The molecular weight excluding hydrogens is 1080 g/mol. The van der Waals surface area contributed by atoms with Crippen molar-refractivity contribution in [2.45, 2.75) is 264 Å². The molecule has 0 aromatic heterocycles. The molecular formula is C65H132NO16P. The van der Waals surface area contributed by atoms with E-state index in [4.69, 9.17) is 56.8 Å². The summed E-state index contributed by atoms with van der Waals surface area (Å²) in [6.45, 7) is 14.4. The number of quaternary nitrogens is 1. The number of hydrogen-bond donors (Lipinski definition) is 1. The molecule has 0 amide bonds. The molecule has 0 saturated carbocycles. The Morgan fingerprint density at radius 2 is 0.663 bits per heavy atom. The van der Waals surface area contributed by atoms with E-state index in [1.807, 2.05) is 21.1 Å². The third-order valence-electron chi connectivity index (χ3n) is 14.0. The van der Waals surface area contributed by atoms with Crippen LogP contribution in [-0.2, 0) is 65.8 Å². The summed E-state index contributed by atoms with van der Waals surface area (Å²) in [4.78, 5) is 37.2. The second-order valence-electron chi connectivity index (χ2n) is 23.2. The van der Waals surface area contributed by atoms with Gasteiger partial charge in [0, 0.05) is 19.4 Å². The average Bonchev–Trinajstić information content (AvgIpc) is 3.45. The number of likely N-dealkylation sites (N-methyl/N-ethyl adjacent to an activating group) is 1. The van der Waals surface area contributed by atoms with Crippen LogP contribution in [0.25, 0.3) is 0 Å². The van der Waals surface area contributed by atoms with Crippen LogP contribution in [0, 0.1) is 0 Å². The third kappa shape index (κ3) is 74.9. The van der Waals surface area contributed by atoms with Crippen LogP contribution >= 0.6 is 7.82 Å². The molecule has 0 aromatic rings. The molecule has 0 fully saturated rings. The van der Waals surface area contributed by atoms with Gasteiger partial charge in [0.1, 0.15) is 19.8 Å². The smallest absolute Gasteiger partial charge is 0.306 e. The first-order chi connectivity index (χ1) is 40.4. The largest absolute Gasteiger partial charge is 0.756 e. The van der Waals surface area contributed by atoms with Gasteiger partial charge < -0.3 is 66.2 Å². The Morgan fingerprint density at radius 1 is 0.373 bits per heavy atom. The van der Waals surface area contributed by atoms with E-state index in [1.165, 1.54) is 180 Å². The van der Waals surface area contributed by atoms with E-state index in [0.717, 1.165) is 45.1 Å². The van der Waals surface area contributed by atoms with Crippen LogP contribution in [-0.4, -0.2) is 174 Å². The van der Waals surface area contributed by atoms with Crippen LogP contribution in [0.4, 0.5) is 0 Å². The fourth-order valence-corrected chi connectivity index (χ4v) is 9.56. The number of aliphatic hydroxyl groups excluding tert-OH is 1. The average molecular weight is 1210 g/mol. The van der Waals surface area contributed by atoms with Gasteiger partial charge in [-0.05, 0) is 19.3 Å². The minimum Gasteiger partial charge on any atom is -0.756 e. The number of phosphoric acid groups is 1. The Morgan fingerprint density at radius 3 is 0.988 bits per heavy atom. The summed E-state index contributed by atoms with van der Waals surface area (Å²) in [7, 11) is 1.18. The number of ether oxygens (including phenoxy) is 9. The molecule has 17 nitrogen and oxygen atoms in total. The number of carbonyl (C=O) groups is 2. The van der Waals surface area contributed by atoms with Crippen LogP contribution in [0.2, 0.25) is 0 Å². The maximum Gasteiger partial charge on any atom is 0.306 e. The minimum atomic E-state index is -4.60. The van der Waals surface area contributed by atoms with E-state index in [9.17, 15) is 19.0 Å². The standard InChI is InChI=1S/C36H72NO8P.C29H60O8/c1-6-8-10-12-14-16-18-20-22-24-26-28-35(38)42-32-34(33-44-46(40,41)43-31-30-37(3,4)5)45-36(39)29-27-25-23-21-19-17-15-13-11-9-7-2;1-2-3-4-5-6-7-8-9-10-11-12-13-14-16-31-18-20-33-22-24-35-26-28-37-29-27-36-25-23-34-21-19-32-17-15-30/h34H,6-33H2,1-5H3;30H,2-29H2,1H3. The minimum absolute atomic E-state index is 0.0263. The molecule has 18 heteroatoms. The lowest BCUT2D eigenvalue weighted by atomic mass is 10.0. The maximum atomic E-state index is 12.6. The van der Waals surface area contributed by atoms with Crippen LogP contribution in [0.5, 0.6) is 0 Å². The first-order valence-electron chi connectivity index (χ1n) is 33.8. The highest BCUT2D eigenvalue weighted by Crippen LogP contribution is 2.38. The van der Waals surface area contributed by atoms with Crippen molar-refractivity contribution in [3.05, 3.63) is 0 Å². The van der Waals surface area contributed by atoms with Crippen molar-refractivity contribution in [2.75, 3.05) is 147 Å². The quantitative estimate of drug-likeness (QED) is 0.0261. The molecule has 0 spiro atoms. The van der Waals surface area contributed by atoms with E-state index >= 15 is 0 Å². The number of phosphoric ester groups is 1. The number of aliphatic hydroxyl groups is 1. The zero-order valence-electron chi connectivity index (χ0n) is 54.6. The van der Waals surface area contributed by atoms with Gasteiger partial charge in [-0.3, -0.25) is 14.2 Å². The topological polar surface area (TPSA) is 196 Å². The van der Waals surface area contributed by atoms with Gasteiger partial charge >= 0.3 is 11.9 Å². The summed E-state index contributed by atoms with van der Waals surface area (Å²) in [5.74, 6) is -0.829. The number of nitrogens with zero attached hydrogens (tertiary/aromatic N) is 1. The molecule has 0 aliphatic carbocycles.